The van der Waals surface area contributed by atoms with Gasteiger partial charge in [0.2, 0.25) is 0 Å². The minimum atomic E-state index is 0.00243. The summed E-state index contributed by atoms with van der Waals surface area (Å²) in [5, 5.41) is 3.51. The molecule has 0 aromatic carbocycles. The lowest BCUT2D eigenvalue weighted by molar-refractivity contribution is -0.0835. The molecule has 0 aromatic heterocycles. The first-order chi connectivity index (χ1) is 7.55. The Bertz CT molecular complexity index is 259. The van der Waals surface area contributed by atoms with Crippen LogP contribution in [0.1, 0.15) is 26.7 Å². The highest BCUT2D eigenvalue weighted by molar-refractivity contribution is 5.02. The number of nitrogens with zero attached hydrogens (tertiary/aromatic N) is 1. The average molecular weight is 224 g/mol. The van der Waals surface area contributed by atoms with Crippen molar-refractivity contribution >= 4 is 0 Å². The molecule has 0 unspecified atom stereocenters. The van der Waals surface area contributed by atoms with Crippen molar-refractivity contribution in [1.82, 2.24) is 10.2 Å². The van der Waals surface area contributed by atoms with Crippen LogP contribution in [0.3, 0.4) is 0 Å². The molecular weight excluding hydrogens is 200 g/mol. The van der Waals surface area contributed by atoms with Gasteiger partial charge in [-0.25, -0.2) is 0 Å². The summed E-state index contributed by atoms with van der Waals surface area (Å²) in [5.41, 5.74) is 1.30. The van der Waals surface area contributed by atoms with E-state index in [9.17, 15) is 0 Å². The van der Waals surface area contributed by atoms with Crippen LogP contribution < -0.4 is 5.32 Å². The summed E-state index contributed by atoms with van der Waals surface area (Å²) >= 11 is 0. The van der Waals surface area contributed by atoms with Gasteiger partial charge in [-0.15, -0.1) is 0 Å². The fraction of sp³-hybridized carbons (Fsp3) is 0.846. The molecule has 2 aliphatic rings. The van der Waals surface area contributed by atoms with Crippen LogP contribution >= 0.6 is 0 Å². The van der Waals surface area contributed by atoms with Crippen molar-refractivity contribution in [3.8, 4) is 0 Å². The Balaban J connectivity index is 1.68. The van der Waals surface area contributed by atoms with Gasteiger partial charge in [0.25, 0.3) is 0 Å². The van der Waals surface area contributed by atoms with Crippen LogP contribution in [-0.4, -0.2) is 49.3 Å². The molecular formula is C13H24N2O. The van der Waals surface area contributed by atoms with E-state index in [1.165, 1.54) is 18.4 Å². The van der Waals surface area contributed by atoms with Gasteiger partial charge < -0.3 is 10.1 Å². The Morgan fingerprint density at radius 1 is 1.50 bits per heavy atom. The van der Waals surface area contributed by atoms with Crippen molar-refractivity contribution in [2.45, 2.75) is 38.3 Å². The van der Waals surface area contributed by atoms with Crippen LogP contribution in [0, 0.1) is 0 Å². The molecule has 2 rings (SSSR count). The van der Waals surface area contributed by atoms with Crippen LogP contribution in [0.25, 0.3) is 0 Å². The standard InChI is InChI=1S/C13H24N2O/c1-11(8-14-12-4-5-12)9-15-6-7-16-13(2,3)10-15/h12,14H,1,4-10H2,2-3H3. The summed E-state index contributed by atoms with van der Waals surface area (Å²) in [6.45, 7) is 13.3. The molecule has 1 heterocycles. The Kier molecular flexibility index (Phi) is 3.67. The van der Waals surface area contributed by atoms with E-state index >= 15 is 0 Å². The Hall–Kier alpha value is -0.380. The second-order valence-corrected chi connectivity index (χ2v) is 5.72. The average Bonchev–Trinajstić information content (AvgIpc) is 2.96. The molecule has 1 saturated carbocycles. The molecule has 92 valence electrons. The van der Waals surface area contributed by atoms with Crippen molar-refractivity contribution in [2.75, 3.05) is 32.8 Å². The van der Waals surface area contributed by atoms with Gasteiger partial charge in [-0.3, -0.25) is 4.90 Å². The van der Waals surface area contributed by atoms with Crippen molar-refractivity contribution < 1.29 is 4.74 Å². The molecule has 16 heavy (non-hydrogen) atoms. The maximum Gasteiger partial charge on any atom is 0.0753 e. The zero-order valence-corrected chi connectivity index (χ0v) is 10.6. The second kappa shape index (κ2) is 4.86. The van der Waals surface area contributed by atoms with Crippen molar-refractivity contribution in [3.63, 3.8) is 0 Å². The van der Waals surface area contributed by atoms with Crippen molar-refractivity contribution in [2.24, 2.45) is 0 Å². The molecule has 0 spiro atoms. The summed E-state index contributed by atoms with van der Waals surface area (Å²) in [6.07, 6.45) is 2.69. The van der Waals surface area contributed by atoms with Gasteiger partial charge in [0, 0.05) is 32.2 Å². The Morgan fingerprint density at radius 3 is 2.88 bits per heavy atom. The number of morpholine rings is 1. The highest BCUT2D eigenvalue weighted by Crippen LogP contribution is 2.19. The molecule has 0 amide bonds. The summed E-state index contributed by atoms with van der Waals surface area (Å²) in [7, 11) is 0. The molecule has 1 saturated heterocycles. The Morgan fingerprint density at radius 2 is 2.25 bits per heavy atom. The van der Waals surface area contributed by atoms with Crippen molar-refractivity contribution in [3.05, 3.63) is 12.2 Å². The number of nitrogens with one attached hydrogen (secondary N) is 1. The number of ether oxygens (including phenoxy) is 1. The zero-order chi connectivity index (χ0) is 11.6. The third-order valence-corrected chi connectivity index (χ3v) is 3.17. The molecule has 3 nitrogen and oxygen atoms in total. The smallest absolute Gasteiger partial charge is 0.0753 e. The lowest BCUT2D eigenvalue weighted by Crippen LogP contribution is -2.49. The van der Waals surface area contributed by atoms with E-state index in [1.807, 2.05) is 0 Å². The fourth-order valence-electron chi connectivity index (χ4n) is 2.20. The van der Waals surface area contributed by atoms with Gasteiger partial charge in [-0.05, 0) is 32.3 Å². The van der Waals surface area contributed by atoms with Crippen LogP contribution in [0.2, 0.25) is 0 Å². The monoisotopic (exact) mass is 224 g/mol. The topological polar surface area (TPSA) is 24.5 Å². The van der Waals surface area contributed by atoms with Gasteiger partial charge in [-0.2, -0.15) is 0 Å². The van der Waals surface area contributed by atoms with E-state index in [2.05, 4.69) is 30.6 Å². The zero-order valence-electron chi connectivity index (χ0n) is 10.6. The lowest BCUT2D eigenvalue weighted by Gasteiger charge is -2.38. The van der Waals surface area contributed by atoms with E-state index in [4.69, 9.17) is 4.74 Å². The van der Waals surface area contributed by atoms with E-state index in [-0.39, 0.29) is 5.60 Å². The van der Waals surface area contributed by atoms with E-state index in [0.29, 0.717) is 0 Å². The van der Waals surface area contributed by atoms with Crippen LogP contribution in [0.4, 0.5) is 0 Å². The Labute approximate surface area is 98.8 Å². The second-order valence-electron chi connectivity index (χ2n) is 5.72. The predicted molar refractivity (Wildman–Crippen MR) is 66.6 cm³/mol. The highest BCUT2D eigenvalue weighted by Gasteiger charge is 2.27. The van der Waals surface area contributed by atoms with Crippen LogP contribution in [-0.2, 0) is 4.74 Å². The number of hydrogen-bond acceptors (Lipinski definition) is 3. The molecule has 0 bridgehead atoms. The minimum absolute atomic E-state index is 0.00243. The summed E-state index contributed by atoms with van der Waals surface area (Å²) in [6, 6.07) is 0.776. The first-order valence-electron chi connectivity index (χ1n) is 6.31. The van der Waals surface area contributed by atoms with Gasteiger partial charge >= 0.3 is 0 Å². The summed E-state index contributed by atoms with van der Waals surface area (Å²) in [4.78, 5) is 2.44. The largest absolute Gasteiger partial charge is 0.373 e. The molecule has 1 N–H and O–H groups in total. The quantitative estimate of drug-likeness (QED) is 0.715. The summed E-state index contributed by atoms with van der Waals surface area (Å²) in [5.74, 6) is 0. The number of hydrogen-bond donors (Lipinski definition) is 1. The summed E-state index contributed by atoms with van der Waals surface area (Å²) < 4.78 is 5.70. The van der Waals surface area contributed by atoms with Gasteiger partial charge in [-0.1, -0.05) is 6.58 Å². The minimum Gasteiger partial charge on any atom is -0.373 e. The third-order valence-electron chi connectivity index (χ3n) is 3.17. The predicted octanol–water partition coefficient (Wildman–Crippen LogP) is 1.41. The molecule has 0 atom stereocenters. The van der Waals surface area contributed by atoms with Gasteiger partial charge in [0.1, 0.15) is 0 Å². The maximum atomic E-state index is 5.70. The molecule has 3 heteroatoms. The first-order valence-corrected chi connectivity index (χ1v) is 6.31. The molecule has 0 radical (unpaired) electrons. The van der Waals surface area contributed by atoms with Gasteiger partial charge in [0.15, 0.2) is 0 Å². The molecule has 1 aliphatic carbocycles. The van der Waals surface area contributed by atoms with Crippen LogP contribution in [0.5, 0.6) is 0 Å². The third kappa shape index (κ3) is 3.89. The first kappa shape index (κ1) is 12.1. The molecule has 1 aliphatic heterocycles. The lowest BCUT2D eigenvalue weighted by atomic mass is 10.1. The van der Waals surface area contributed by atoms with E-state index in [1.54, 1.807) is 0 Å². The maximum absolute atomic E-state index is 5.70. The normalized spacial score (nSPS) is 25.6. The van der Waals surface area contributed by atoms with E-state index in [0.717, 1.165) is 38.8 Å². The highest BCUT2D eigenvalue weighted by atomic mass is 16.5. The SMILES string of the molecule is C=C(CNC1CC1)CN1CCOC(C)(C)C1. The molecule has 2 fully saturated rings. The van der Waals surface area contributed by atoms with E-state index < -0.39 is 0 Å². The van der Waals surface area contributed by atoms with Crippen molar-refractivity contribution in [1.29, 1.82) is 0 Å². The van der Waals surface area contributed by atoms with Gasteiger partial charge in [0.05, 0.1) is 12.2 Å². The molecule has 0 aromatic rings. The fourth-order valence-corrected chi connectivity index (χ4v) is 2.20. The van der Waals surface area contributed by atoms with Crippen LogP contribution in [0.15, 0.2) is 12.2 Å². The number of rotatable bonds is 5.